The molecule has 2 nitrogen and oxygen atoms in total. The van der Waals surface area contributed by atoms with Crippen LogP contribution in [0.3, 0.4) is 0 Å². The van der Waals surface area contributed by atoms with Crippen molar-refractivity contribution in [1.82, 2.24) is 0 Å². The highest BCUT2D eigenvalue weighted by molar-refractivity contribution is 5.36. The highest BCUT2D eigenvalue weighted by atomic mass is 19.4. The molecule has 0 amide bonds. The van der Waals surface area contributed by atoms with Gasteiger partial charge in [-0.3, -0.25) is 0 Å². The van der Waals surface area contributed by atoms with Gasteiger partial charge in [-0.2, -0.15) is 13.2 Å². The van der Waals surface area contributed by atoms with E-state index in [4.69, 9.17) is 9.84 Å². The van der Waals surface area contributed by atoms with Gasteiger partial charge in [0.15, 0.2) is 6.10 Å². The predicted molar refractivity (Wildman–Crippen MR) is 60.7 cm³/mol. The largest absolute Gasteiger partial charge is 0.414 e. The number of hydrogen-bond acceptors (Lipinski definition) is 2. The molecule has 0 aromatic heterocycles. The number of aliphatic hydroxyl groups is 1. The normalized spacial score (nSPS) is 12.7. The molecule has 0 saturated carbocycles. The van der Waals surface area contributed by atoms with Crippen molar-refractivity contribution >= 4 is 0 Å². The summed E-state index contributed by atoms with van der Waals surface area (Å²) in [6, 6.07) is 6.68. The lowest BCUT2D eigenvalue weighted by Crippen LogP contribution is -2.28. The number of aliphatic hydroxyl groups excluding tert-OH is 1. The van der Waals surface area contributed by atoms with E-state index in [9.17, 15) is 13.2 Å². The quantitative estimate of drug-likeness (QED) is 0.844. The van der Waals surface area contributed by atoms with Crippen LogP contribution in [0.1, 0.15) is 18.1 Å². The van der Waals surface area contributed by atoms with Crippen molar-refractivity contribution < 1.29 is 23.0 Å². The first-order valence-corrected chi connectivity index (χ1v) is 5.30. The van der Waals surface area contributed by atoms with Crippen LogP contribution < -0.4 is 0 Å². The molecule has 1 N–H and O–H groups in total. The van der Waals surface area contributed by atoms with Crippen molar-refractivity contribution in [2.24, 2.45) is 0 Å². The first-order valence-electron chi connectivity index (χ1n) is 5.30. The Morgan fingerprint density at radius 3 is 2.72 bits per heavy atom. The van der Waals surface area contributed by atoms with Crippen LogP contribution in [0, 0.1) is 11.8 Å². The topological polar surface area (TPSA) is 29.5 Å². The van der Waals surface area contributed by atoms with Gasteiger partial charge in [0.05, 0.1) is 6.61 Å². The van der Waals surface area contributed by atoms with E-state index in [1.54, 1.807) is 24.3 Å². The molecular formula is C13H13F3O2. The number of rotatable bonds is 3. The van der Waals surface area contributed by atoms with Gasteiger partial charge in [0.2, 0.25) is 0 Å². The lowest BCUT2D eigenvalue weighted by Gasteiger charge is -2.16. The Balaban J connectivity index is 2.63. The maximum absolute atomic E-state index is 12.2. The van der Waals surface area contributed by atoms with Gasteiger partial charge in [0.1, 0.15) is 6.61 Å². The molecule has 98 valence electrons. The Kier molecular flexibility index (Phi) is 5.20. The molecule has 0 fully saturated rings. The van der Waals surface area contributed by atoms with Gasteiger partial charge in [0, 0.05) is 5.56 Å². The zero-order chi connectivity index (χ0) is 13.6. The van der Waals surface area contributed by atoms with E-state index < -0.39 is 12.3 Å². The van der Waals surface area contributed by atoms with Gasteiger partial charge in [-0.25, -0.2) is 0 Å². The standard InChI is InChI=1S/C13H13F3O2/c1-10(13(14,15)16)18-9-12-5-2-4-11(8-12)6-3-7-17/h2,4-5,8,10,17H,7,9H2,1H3. The van der Waals surface area contributed by atoms with Crippen molar-refractivity contribution in [3.63, 3.8) is 0 Å². The SMILES string of the molecule is CC(OCc1cccc(C#CCO)c1)C(F)(F)F. The zero-order valence-corrected chi connectivity index (χ0v) is 9.79. The number of benzene rings is 1. The van der Waals surface area contributed by atoms with Crippen molar-refractivity contribution in [2.45, 2.75) is 25.8 Å². The van der Waals surface area contributed by atoms with Gasteiger partial charge < -0.3 is 9.84 Å². The fourth-order valence-corrected chi connectivity index (χ4v) is 1.20. The third-order valence-corrected chi connectivity index (χ3v) is 2.20. The van der Waals surface area contributed by atoms with E-state index in [-0.39, 0.29) is 13.2 Å². The van der Waals surface area contributed by atoms with Crippen LogP contribution in [0.2, 0.25) is 0 Å². The molecule has 0 saturated heterocycles. The summed E-state index contributed by atoms with van der Waals surface area (Å²) in [5.41, 5.74) is 1.24. The molecule has 1 aromatic carbocycles. The van der Waals surface area contributed by atoms with Crippen LogP contribution in [-0.4, -0.2) is 24.0 Å². The van der Waals surface area contributed by atoms with Crippen LogP contribution in [-0.2, 0) is 11.3 Å². The van der Waals surface area contributed by atoms with E-state index in [2.05, 4.69) is 11.8 Å². The van der Waals surface area contributed by atoms with Crippen molar-refractivity contribution in [1.29, 1.82) is 0 Å². The maximum atomic E-state index is 12.2. The fourth-order valence-electron chi connectivity index (χ4n) is 1.20. The Bertz CT molecular complexity index is 444. The highest BCUT2D eigenvalue weighted by Gasteiger charge is 2.36. The molecule has 0 spiro atoms. The highest BCUT2D eigenvalue weighted by Crippen LogP contribution is 2.23. The van der Waals surface area contributed by atoms with Gasteiger partial charge >= 0.3 is 6.18 Å². The molecule has 18 heavy (non-hydrogen) atoms. The summed E-state index contributed by atoms with van der Waals surface area (Å²) in [6.45, 7) is 0.580. The average molecular weight is 258 g/mol. The van der Waals surface area contributed by atoms with E-state index in [0.717, 1.165) is 6.92 Å². The second-order valence-corrected chi connectivity index (χ2v) is 3.66. The van der Waals surface area contributed by atoms with Crippen LogP contribution in [0.4, 0.5) is 13.2 Å². The molecule has 0 radical (unpaired) electrons. The Morgan fingerprint density at radius 1 is 1.39 bits per heavy atom. The minimum atomic E-state index is -4.35. The van der Waals surface area contributed by atoms with Gasteiger partial charge in [-0.15, -0.1) is 0 Å². The zero-order valence-electron chi connectivity index (χ0n) is 9.79. The molecule has 1 unspecified atom stereocenters. The summed E-state index contributed by atoms with van der Waals surface area (Å²) < 4.78 is 41.4. The summed E-state index contributed by atoms with van der Waals surface area (Å²) in [5.74, 6) is 5.14. The van der Waals surface area contributed by atoms with E-state index in [1.165, 1.54) is 0 Å². The number of hydrogen-bond donors (Lipinski definition) is 1. The second-order valence-electron chi connectivity index (χ2n) is 3.66. The Labute approximate surface area is 103 Å². The van der Waals surface area contributed by atoms with Crippen LogP contribution in [0.25, 0.3) is 0 Å². The molecule has 1 rings (SSSR count). The molecule has 0 aliphatic rings. The van der Waals surface area contributed by atoms with E-state index in [1.807, 2.05) is 0 Å². The summed E-state index contributed by atoms with van der Waals surface area (Å²) in [4.78, 5) is 0. The third kappa shape index (κ3) is 4.78. The molecule has 0 aliphatic carbocycles. The molecule has 1 aromatic rings. The van der Waals surface area contributed by atoms with Crippen LogP contribution >= 0.6 is 0 Å². The molecule has 0 heterocycles. The van der Waals surface area contributed by atoms with Gasteiger partial charge in [-0.1, -0.05) is 24.0 Å². The summed E-state index contributed by atoms with van der Waals surface area (Å²) in [6.07, 6.45) is -6.15. The summed E-state index contributed by atoms with van der Waals surface area (Å²) in [5, 5.41) is 8.54. The number of alkyl halides is 3. The van der Waals surface area contributed by atoms with Gasteiger partial charge in [0.25, 0.3) is 0 Å². The summed E-state index contributed by atoms with van der Waals surface area (Å²) >= 11 is 0. The van der Waals surface area contributed by atoms with Crippen molar-refractivity contribution in [2.75, 3.05) is 6.61 Å². The monoisotopic (exact) mass is 258 g/mol. The first-order chi connectivity index (χ1) is 8.43. The molecule has 1 atom stereocenters. The third-order valence-electron chi connectivity index (χ3n) is 2.20. The van der Waals surface area contributed by atoms with E-state index >= 15 is 0 Å². The van der Waals surface area contributed by atoms with Crippen LogP contribution in [0.15, 0.2) is 24.3 Å². The second kappa shape index (κ2) is 6.43. The minimum absolute atomic E-state index is 0.130. The summed E-state index contributed by atoms with van der Waals surface area (Å²) in [7, 11) is 0. The lowest BCUT2D eigenvalue weighted by molar-refractivity contribution is -0.217. The average Bonchev–Trinajstić information content (AvgIpc) is 2.32. The van der Waals surface area contributed by atoms with E-state index in [0.29, 0.717) is 11.1 Å². The number of halogens is 3. The molecular weight excluding hydrogens is 245 g/mol. The Hall–Kier alpha value is -1.51. The predicted octanol–water partition coefficient (Wildman–Crippen LogP) is 2.50. The van der Waals surface area contributed by atoms with Crippen LogP contribution in [0.5, 0.6) is 0 Å². The Morgan fingerprint density at radius 2 is 2.11 bits per heavy atom. The van der Waals surface area contributed by atoms with Gasteiger partial charge in [-0.05, 0) is 24.6 Å². The maximum Gasteiger partial charge on any atom is 0.414 e. The molecule has 5 heteroatoms. The first kappa shape index (κ1) is 14.6. The lowest BCUT2D eigenvalue weighted by atomic mass is 10.1. The molecule has 0 aliphatic heterocycles. The molecule has 0 bridgehead atoms. The minimum Gasteiger partial charge on any atom is -0.384 e. The smallest absolute Gasteiger partial charge is 0.384 e. The fraction of sp³-hybridized carbons (Fsp3) is 0.385. The van der Waals surface area contributed by atoms with Crippen molar-refractivity contribution in [3.8, 4) is 11.8 Å². The number of ether oxygens (including phenoxy) is 1. The van der Waals surface area contributed by atoms with Crippen molar-refractivity contribution in [3.05, 3.63) is 35.4 Å².